The summed E-state index contributed by atoms with van der Waals surface area (Å²) in [5.74, 6) is -0.206. The number of hydrogen-bond donors (Lipinski definition) is 1. The lowest BCUT2D eigenvalue weighted by atomic mass is 10.1. The van der Waals surface area contributed by atoms with E-state index in [0.29, 0.717) is 17.8 Å². The summed E-state index contributed by atoms with van der Waals surface area (Å²) < 4.78 is 26.8. The molecule has 5 nitrogen and oxygen atoms in total. The van der Waals surface area contributed by atoms with Gasteiger partial charge in [0.05, 0.1) is 10.6 Å². The van der Waals surface area contributed by atoms with Gasteiger partial charge in [-0.3, -0.25) is 9.10 Å². The molecule has 0 aliphatic rings. The number of hydrogen-bond acceptors (Lipinski definition) is 3. The number of benzene rings is 3. The summed E-state index contributed by atoms with van der Waals surface area (Å²) in [7, 11) is -2.16. The van der Waals surface area contributed by atoms with Gasteiger partial charge in [-0.25, -0.2) is 8.42 Å². The lowest BCUT2D eigenvalue weighted by Crippen LogP contribution is -2.27. The normalized spacial score (nSPS) is 11.1. The molecule has 0 aliphatic heterocycles. The number of rotatable bonds is 6. The molecule has 150 valence electrons. The number of nitrogens with one attached hydrogen (secondary N) is 1. The van der Waals surface area contributed by atoms with E-state index < -0.39 is 10.0 Å². The number of carbonyl (C=O) groups excluding carboxylic acids is 1. The molecule has 0 bridgehead atoms. The van der Waals surface area contributed by atoms with E-state index in [1.54, 1.807) is 48.5 Å². The third-order valence-corrected chi connectivity index (χ3v) is 6.51. The van der Waals surface area contributed by atoms with Crippen LogP contribution in [0.1, 0.15) is 27.0 Å². The van der Waals surface area contributed by atoms with Gasteiger partial charge < -0.3 is 5.32 Å². The molecule has 0 aliphatic carbocycles. The van der Waals surface area contributed by atoms with E-state index in [2.05, 4.69) is 5.32 Å². The summed E-state index contributed by atoms with van der Waals surface area (Å²) in [6.45, 7) is 4.35. The van der Waals surface area contributed by atoms with Crippen molar-refractivity contribution in [2.24, 2.45) is 0 Å². The molecule has 1 amide bonds. The first kappa shape index (κ1) is 20.6. The van der Waals surface area contributed by atoms with E-state index in [4.69, 9.17) is 0 Å². The van der Waals surface area contributed by atoms with E-state index in [0.717, 1.165) is 16.7 Å². The van der Waals surface area contributed by atoms with Crippen LogP contribution in [-0.4, -0.2) is 21.4 Å². The Labute approximate surface area is 172 Å². The van der Waals surface area contributed by atoms with Crippen molar-refractivity contribution >= 4 is 21.6 Å². The molecule has 29 heavy (non-hydrogen) atoms. The van der Waals surface area contributed by atoms with Gasteiger partial charge in [0.1, 0.15) is 0 Å². The quantitative estimate of drug-likeness (QED) is 0.669. The molecule has 0 saturated carbocycles. The Hall–Kier alpha value is -3.12. The smallest absolute Gasteiger partial charge is 0.264 e. The Morgan fingerprint density at radius 3 is 2.17 bits per heavy atom. The maximum absolute atomic E-state index is 12.8. The van der Waals surface area contributed by atoms with Crippen LogP contribution in [0, 0.1) is 13.8 Å². The Morgan fingerprint density at radius 1 is 0.897 bits per heavy atom. The lowest BCUT2D eigenvalue weighted by Gasteiger charge is -2.20. The highest BCUT2D eigenvalue weighted by atomic mass is 32.2. The minimum Gasteiger partial charge on any atom is -0.348 e. The molecule has 0 unspecified atom stereocenters. The minimum absolute atomic E-state index is 0.206. The second-order valence-corrected chi connectivity index (χ2v) is 8.97. The maximum atomic E-state index is 12.8. The summed E-state index contributed by atoms with van der Waals surface area (Å²) in [4.78, 5) is 12.6. The topological polar surface area (TPSA) is 66.5 Å². The van der Waals surface area contributed by atoms with Gasteiger partial charge in [-0.2, -0.15) is 0 Å². The van der Waals surface area contributed by atoms with Crippen molar-refractivity contribution in [3.05, 3.63) is 95.1 Å². The number of anilines is 1. The average molecular weight is 409 g/mol. The van der Waals surface area contributed by atoms with Gasteiger partial charge in [0.2, 0.25) is 0 Å². The van der Waals surface area contributed by atoms with E-state index in [1.165, 1.54) is 11.4 Å². The summed E-state index contributed by atoms with van der Waals surface area (Å²) in [5, 5.41) is 2.88. The summed E-state index contributed by atoms with van der Waals surface area (Å²) in [6, 6.07) is 21.2. The highest BCUT2D eigenvalue weighted by Crippen LogP contribution is 2.22. The molecule has 3 aromatic carbocycles. The van der Waals surface area contributed by atoms with E-state index >= 15 is 0 Å². The van der Waals surface area contributed by atoms with Gasteiger partial charge in [-0.1, -0.05) is 47.5 Å². The van der Waals surface area contributed by atoms with Crippen LogP contribution in [0.3, 0.4) is 0 Å². The summed E-state index contributed by atoms with van der Waals surface area (Å²) in [6.07, 6.45) is 0. The van der Waals surface area contributed by atoms with Gasteiger partial charge in [0.25, 0.3) is 15.9 Å². The van der Waals surface area contributed by atoms with E-state index in [-0.39, 0.29) is 10.8 Å². The third-order valence-electron chi connectivity index (χ3n) is 4.71. The van der Waals surface area contributed by atoms with E-state index in [1.807, 2.05) is 38.1 Å². The fraction of sp³-hybridized carbons (Fsp3) is 0.174. The molecule has 0 fully saturated rings. The molecule has 0 saturated heterocycles. The first-order chi connectivity index (χ1) is 13.8. The average Bonchev–Trinajstić information content (AvgIpc) is 2.72. The fourth-order valence-corrected chi connectivity index (χ4v) is 4.13. The van der Waals surface area contributed by atoms with Crippen LogP contribution in [0.2, 0.25) is 0 Å². The number of aryl methyl sites for hydroxylation is 2. The summed E-state index contributed by atoms with van der Waals surface area (Å²) >= 11 is 0. The second-order valence-electron chi connectivity index (χ2n) is 7.00. The molecule has 0 heterocycles. The molecule has 6 heteroatoms. The van der Waals surface area contributed by atoms with Crippen molar-refractivity contribution in [3.63, 3.8) is 0 Å². The second kappa shape index (κ2) is 8.49. The largest absolute Gasteiger partial charge is 0.348 e. The van der Waals surface area contributed by atoms with Crippen LogP contribution in [0.25, 0.3) is 0 Å². The molecular weight excluding hydrogens is 384 g/mol. The first-order valence-corrected chi connectivity index (χ1v) is 10.7. The van der Waals surface area contributed by atoms with Crippen molar-refractivity contribution in [1.82, 2.24) is 5.32 Å². The zero-order valence-electron chi connectivity index (χ0n) is 16.7. The number of amides is 1. The Kier molecular flexibility index (Phi) is 6.03. The van der Waals surface area contributed by atoms with Crippen LogP contribution < -0.4 is 9.62 Å². The lowest BCUT2D eigenvalue weighted by molar-refractivity contribution is 0.0951. The first-order valence-electron chi connectivity index (χ1n) is 9.27. The van der Waals surface area contributed by atoms with Crippen LogP contribution in [-0.2, 0) is 16.6 Å². The van der Waals surface area contributed by atoms with Crippen LogP contribution >= 0.6 is 0 Å². The molecule has 0 radical (unpaired) electrons. The predicted octanol–water partition coefficient (Wildman–Crippen LogP) is 4.06. The van der Waals surface area contributed by atoms with E-state index in [9.17, 15) is 13.2 Å². The van der Waals surface area contributed by atoms with Gasteiger partial charge in [-0.15, -0.1) is 0 Å². The molecular formula is C23H24N2O3S. The molecule has 0 aromatic heterocycles. The number of carbonyl (C=O) groups is 1. The Bertz CT molecular complexity index is 1110. The number of sulfonamides is 1. The van der Waals surface area contributed by atoms with Gasteiger partial charge in [0, 0.05) is 19.2 Å². The predicted molar refractivity (Wildman–Crippen MR) is 116 cm³/mol. The molecule has 3 rings (SSSR count). The maximum Gasteiger partial charge on any atom is 0.264 e. The molecule has 0 spiro atoms. The zero-order chi connectivity index (χ0) is 21.0. The summed E-state index contributed by atoms with van der Waals surface area (Å²) in [5.41, 5.74) is 4.12. The van der Waals surface area contributed by atoms with Gasteiger partial charge in [0.15, 0.2) is 0 Å². The number of nitrogens with zero attached hydrogens (tertiary/aromatic N) is 1. The molecule has 1 N–H and O–H groups in total. The highest BCUT2D eigenvalue weighted by Gasteiger charge is 2.21. The van der Waals surface area contributed by atoms with Crippen molar-refractivity contribution in [2.45, 2.75) is 25.3 Å². The van der Waals surface area contributed by atoms with Gasteiger partial charge in [-0.05, 0) is 55.8 Å². The Balaban J connectivity index is 1.70. The van der Waals surface area contributed by atoms with Crippen LogP contribution in [0.5, 0.6) is 0 Å². The van der Waals surface area contributed by atoms with Crippen molar-refractivity contribution in [2.75, 3.05) is 11.4 Å². The standard InChI is InChI=1S/C23H24N2O3S/c1-17-7-13-22(14-8-17)29(27,28)25(3)21-11-9-20(10-12-21)23(26)24-16-19-6-4-5-18(2)15-19/h4-15H,16H2,1-3H3,(H,24,26). The minimum atomic E-state index is -3.66. The fourth-order valence-electron chi connectivity index (χ4n) is 2.94. The molecule has 3 aromatic rings. The highest BCUT2D eigenvalue weighted by molar-refractivity contribution is 7.92. The SMILES string of the molecule is Cc1ccc(S(=O)(=O)N(C)c2ccc(C(=O)NCc3cccc(C)c3)cc2)cc1. The molecule has 0 atom stereocenters. The van der Waals surface area contributed by atoms with Crippen molar-refractivity contribution in [3.8, 4) is 0 Å². The Morgan fingerprint density at radius 2 is 1.55 bits per heavy atom. The zero-order valence-corrected chi connectivity index (χ0v) is 17.5. The van der Waals surface area contributed by atoms with Crippen LogP contribution in [0.15, 0.2) is 77.7 Å². The van der Waals surface area contributed by atoms with Crippen molar-refractivity contribution < 1.29 is 13.2 Å². The van der Waals surface area contributed by atoms with Crippen molar-refractivity contribution in [1.29, 1.82) is 0 Å². The van der Waals surface area contributed by atoms with Gasteiger partial charge >= 0.3 is 0 Å². The monoisotopic (exact) mass is 408 g/mol. The third kappa shape index (κ3) is 4.84. The van der Waals surface area contributed by atoms with Crippen LogP contribution in [0.4, 0.5) is 5.69 Å².